The van der Waals surface area contributed by atoms with Crippen molar-refractivity contribution < 1.29 is 104 Å². The van der Waals surface area contributed by atoms with Crippen molar-refractivity contribution in [2.75, 3.05) is 52.0 Å². The third kappa shape index (κ3) is 30.0. The number of thiazole rings is 2. The van der Waals surface area contributed by atoms with Crippen LogP contribution in [-0.4, -0.2) is 146 Å². The van der Waals surface area contributed by atoms with Gasteiger partial charge in [0.1, 0.15) is 64.7 Å². The number of hydrogen-bond acceptors (Lipinski definition) is 27. The van der Waals surface area contributed by atoms with Crippen LogP contribution in [0.4, 0.5) is 64.5 Å². The van der Waals surface area contributed by atoms with Gasteiger partial charge in [0.25, 0.3) is 29.1 Å². The maximum Gasteiger partial charge on any atom is 0.490 e. The molecule has 0 aliphatic carbocycles. The molecular weight excluding hydrogens is 1900 g/mol. The van der Waals surface area contributed by atoms with E-state index in [1.165, 1.54) is 132 Å². The Balaban J connectivity index is 0.000000194. The maximum absolute atomic E-state index is 15.0. The monoisotopic (exact) mass is 1970 g/mol. The van der Waals surface area contributed by atoms with E-state index in [0.29, 0.717) is 46.1 Å². The van der Waals surface area contributed by atoms with Gasteiger partial charge in [0.05, 0.1) is 70.2 Å². The summed E-state index contributed by atoms with van der Waals surface area (Å²) < 4.78 is 206. The van der Waals surface area contributed by atoms with E-state index in [4.69, 9.17) is 97.1 Å². The molecule has 2 saturated heterocycles. The molecule has 47 heteroatoms. The number of alkyl halides is 3. The fourth-order valence-electron chi connectivity index (χ4n) is 11.0. The molecule has 10 N–H and O–H groups in total. The number of sulfone groups is 1. The number of nitrogens with zero attached hydrogens (tertiary/aromatic N) is 7. The van der Waals surface area contributed by atoms with Gasteiger partial charge in [-0.3, -0.25) is 9.44 Å². The summed E-state index contributed by atoms with van der Waals surface area (Å²) in [4.78, 5) is 50.3. The number of ether oxygens (including phenoxy) is 3. The summed E-state index contributed by atoms with van der Waals surface area (Å²) in [6.07, 6.45) is 1.57. The number of phenols is 2. The lowest BCUT2D eigenvalue weighted by Gasteiger charge is -2.34. The van der Waals surface area contributed by atoms with Crippen LogP contribution in [0.2, 0.25) is 20.1 Å². The lowest BCUT2D eigenvalue weighted by atomic mass is 10.1. The molecule has 0 radical (unpaired) electrons. The number of carboxylic acid groups (broad SMARTS) is 1. The van der Waals surface area contributed by atoms with E-state index in [9.17, 15) is 69.2 Å². The van der Waals surface area contributed by atoms with Crippen molar-refractivity contribution in [3.8, 4) is 55.9 Å². The first-order chi connectivity index (χ1) is 59.8. The zero-order chi connectivity index (χ0) is 92.8. The van der Waals surface area contributed by atoms with Crippen LogP contribution in [0.15, 0.2) is 225 Å². The molecule has 0 bridgehead atoms. The van der Waals surface area contributed by atoms with Gasteiger partial charge < -0.3 is 56.1 Å². The molecule has 6 heterocycles. The summed E-state index contributed by atoms with van der Waals surface area (Å²) in [6.45, 7) is 8.42. The lowest BCUT2D eigenvalue weighted by Crippen LogP contribution is -2.47. The first kappa shape index (κ1) is 99.6. The highest BCUT2D eigenvalue weighted by molar-refractivity contribution is 8.13. The van der Waals surface area contributed by atoms with Crippen LogP contribution in [0.1, 0.15) is 52.0 Å². The zero-order valence-electron chi connectivity index (χ0n) is 66.0. The second kappa shape index (κ2) is 44.5. The van der Waals surface area contributed by atoms with Crippen LogP contribution < -0.4 is 40.6 Å². The molecule has 2 aliphatic rings. The third-order valence-corrected chi connectivity index (χ3v) is 26.2. The molecule has 674 valence electrons. The Hall–Kier alpha value is -11.2. The normalized spacial score (nSPS) is 14.0. The molecule has 8 aromatic carbocycles. The number of sulfonamides is 2. The molecule has 1 amide bonds. The average Bonchev–Trinajstić information content (AvgIpc) is 1.59. The fraction of sp³-hybridized carbons (Fsp3) is 0.200. The van der Waals surface area contributed by atoms with E-state index >= 15 is 0 Å². The number of piperidine rings is 2. The van der Waals surface area contributed by atoms with Crippen LogP contribution in [0.25, 0.3) is 21.1 Å². The predicted octanol–water partition coefficient (Wildman–Crippen LogP) is 19.1. The van der Waals surface area contributed by atoms with Gasteiger partial charge in [0, 0.05) is 84.6 Å². The average molecular weight is 1980 g/mol. The predicted molar refractivity (Wildman–Crippen MR) is 469 cm³/mol. The summed E-state index contributed by atoms with van der Waals surface area (Å²) >= 11 is 26.0. The number of anilines is 5. The van der Waals surface area contributed by atoms with E-state index in [1.54, 1.807) is 76.8 Å². The summed E-state index contributed by atoms with van der Waals surface area (Å²) in [5, 5.41) is 35.1. The molecule has 29 nitrogen and oxygen atoms in total. The Morgan fingerprint density at radius 3 is 1.39 bits per heavy atom. The largest absolute Gasteiger partial charge is 0.508 e. The second-order valence-electron chi connectivity index (χ2n) is 27.5. The maximum atomic E-state index is 15.0. The van der Waals surface area contributed by atoms with Crippen molar-refractivity contribution in [2.24, 2.45) is 0 Å². The molecule has 127 heavy (non-hydrogen) atoms. The van der Waals surface area contributed by atoms with Crippen molar-refractivity contribution in [2.45, 2.75) is 95.7 Å². The van der Waals surface area contributed by atoms with Crippen LogP contribution in [0.3, 0.4) is 0 Å². The number of carbonyl (C=O) groups excluding carboxylic acids is 1. The minimum atomic E-state index is -5.08. The minimum absolute atomic E-state index is 0.0148. The molecule has 0 spiro atoms. The first-order valence-corrected chi connectivity index (χ1v) is 47.0. The Morgan fingerprint density at radius 2 is 0.992 bits per heavy atom. The highest BCUT2D eigenvalue weighted by Gasteiger charge is 2.38. The van der Waals surface area contributed by atoms with Gasteiger partial charge in [-0.15, -0.1) is 22.7 Å². The number of carboxylic acids is 1. The summed E-state index contributed by atoms with van der Waals surface area (Å²) in [5.41, 5.74) is 8.37. The Kier molecular flexibility index (Phi) is 34.9. The summed E-state index contributed by atoms with van der Waals surface area (Å²) in [6, 6.07) is 41.9. The molecule has 0 saturated carbocycles. The fourth-order valence-corrected chi connectivity index (χ4v) is 19.0. The van der Waals surface area contributed by atoms with Crippen LogP contribution in [0, 0.1) is 23.3 Å². The van der Waals surface area contributed by atoms with Crippen LogP contribution >= 0.6 is 79.8 Å². The highest BCUT2D eigenvalue weighted by atomic mass is 35.7. The quantitative estimate of drug-likeness (QED) is 0.0148. The molecule has 12 aromatic rings. The zero-order valence-corrected chi connectivity index (χ0v) is 74.7. The topological polar surface area (TPSA) is 426 Å². The minimum Gasteiger partial charge on any atom is -0.508 e. The van der Waals surface area contributed by atoms with Crippen molar-refractivity contribution in [1.82, 2.24) is 40.1 Å². The Bertz CT molecular complexity index is 6360. The summed E-state index contributed by atoms with van der Waals surface area (Å²) in [5.74, 6) is -5.09. The van der Waals surface area contributed by atoms with Gasteiger partial charge in [0.15, 0.2) is 21.5 Å². The number of nitrogens with one attached hydrogen (secondary N) is 5. The Labute approximate surface area is 755 Å². The molecule has 2 aliphatic heterocycles. The number of aliphatic carboxylic acids is 1. The van der Waals surface area contributed by atoms with E-state index in [1.807, 2.05) is 20.8 Å². The second-order valence-corrected chi connectivity index (χ2v) is 38.6. The Morgan fingerprint density at radius 1 is 0.559 bits per heavy atom. The summed E-state index contributed by atoms with van der Waals surface area (Å²) in [7, 11) is -10.6. The smallest absolute Gasteiger partial charge is 0.490 e. The highest BCUT2D eigenvalue weighted by Crippen LogP contribution is 2.40. The molecule has 2 fully saturated rings. The van der Waals surface area contributed by atoms with E-state index < -0.39 is 85.7 Å². The van der Waals surface area contributed by atoms with Gasteiger partial charge in [-0.1, -0.05) is 101 Å². The standard InChI is InChI=1S/C29H30ClFN6O5S2.C24H22ClFN6O3S2.C13H10ClFO3S.C6H4Cl2O2S.C6H6FNO.C2HF3O2/c1-29(2,3)42-28(38)37-14-6-7-18(16-37)34-27-32-13-12-23(35-27)25-26(33-17-43-25)41-19-10-11-22(21(31)15-19)36-44(39,40)24-9-5-4-8-20(24)30;25-17-5-1-2-6-21(17)37(33,34)32-19-8-7-16(12-18(19)26)35-23-22(36-14-29-23)20-9-11-28-24(31-20)30-15-4-3-10-27-13-15;14-11-3-1-2-4-13(11)19(17,18)8-9-5-6-10(16)7-12(9)15;7-5-3-1-2-4-6(5)11(8,9)10;7-5-3-4(9)1-2-6(5)8;3-2(4,5)1(6)7/h4-5,8-13,15,17-18,36H,6-7,14,16H2,1-3H3,(H,32,34,35);1-2,5-9,11-12,14-15,27,32H,3-4,10,13H2,(H,28,30,31);1-7,16H,8H2;1-4H;1-3,9H,8H2;(H,6,7)/t18-;15-;;;;/m00..../s1. The van der Waals surface area contributed by atoms with Crippen molar-refractivity contribution >= 4 is 160 Å². The lowest BCUT2D eigenvalue weighted by molar-refractivity contribution is -0.192. The number of benzene rings is 8. The van der Waals surface area contributed by atoms with Crippen LogP contribution in [-0.2, 0) is 54.2 Å². The first-order valence-electron chi connectivity index (χ1n) is 36.8. The van der Waals surface area contributed by atoms with Gasteiger partial charge in [0.2, 0.25) is 23.7 Å². The number of nitrogens with two attached hydrogens (primary N) is 1. The van der Waals surface area contributed by atoms with Crippen molar-refractivity contribution in [3.05, 3.63) is 254 Å². The van der Waals surface area contributed by atoms with Crippen molar-refractivity contribution in [1.29, 1.82) is 0 Å². The van der Waals surface area contributed by atoms with Gasteiger partial charge in [-0.25, -0.2) is 90.7 Å². The number of likely N-dealkylation sites (tertiary alicyclic amines) is 1. The number of hydrogen-bond donors (Lipinski definition) is 9. The van der Waals surface area contributed by atoms with Crippen molar-refractivity contribution in [3.63, 3.8) is 0 Å². The SMILES string of the molecule is CC(C)(C)OC(=O)N1CCC[C@H](Nc2nccc(-c3scnc3Oc3ccc(NS(=O)(=O)c4ccccc4Cl)c(F)c3)n2)C1.Nc1ccc(O)cc1F.O=C(O)C(F)(F)F.O=S(=O)(Cc1ccc(O)cc1F)c1ccccc1Cl.O=S(=O)(Cl)c1ccccc1Cl.O=S(=O)(Nc1ccc(Oc2ncsc2-c2ccnc(N[C@H]3CCCNC3)n2)cc1F)c1ccccc1Cl. The van der Waals surface area contributed by atoms with Gasteiger partial charge >= 0.3 is 18.2 Å². The third-order valence-electron chi connectivity index (χ3n) is 16.8. The van der Waals surface area contributed by atoms with E-state index in [0.717, 1.165) is 63.0 Å². The molecule has 0 unspecified atom stereocenters. The number of phenolic OH excluding ortho intramolecular Hbond substituents is 2. The van der Waals surface area contributed by atoms with Crippen LogP contribution in [0.5, 0.6) is 34.8 Å². The number of rotatable bonds is 20. The van der Waals surface area contributed by atoms with E-state index in [-0.39, 0.29) is 115 Å². The number of aromatic hydroxyl groups is 2. The van der Waals surface area contributed by atoms with Gasteiger partial charge in [-0.2, -0.15) is 13.2 Å². The molecule has 4 aromatic heterocycles. The number of amides is 1. The number of nitrogen functional groups attached to an aromatic ring is 1. The van der Waals surface area contributed by atoms with Gasteiger partial charge in [-0.05, 0) is 156 Å². The van der Waals surface area contributed by atoms with E-state index in [2.05, 4.69) is 55.3 Å². The number of carbonyl (C=O) groups is 2. The molecule has 14 rings (SSSR count). The molecular formula is C80H73Cl5F7N13O16S6. The number of aromatic nitrogens is 6. The molecule has 2 atom stereocenters. The number of halogens is 12.